The summed E-state index contributed by atoms with van der Waals surface area (Å²) in [5, 5.41) is 19.1. The molecule has 0 aliphatic carbocycles. The number of aromatic nitrogens is 2. The summed E-state index contributed by atoms with van der Waals surface area (Å²) in [6.07, 6.45) is 1.35. The molecule has 4 N–H and O–H groups in total. The van der Waals surface area contributed by atoms with E-state index < -0.39 is 22.2 Å². The maximum absolute atomic E-state index is 12.3. The smallest absolute Gasteiger partial charge is 0.274 e. The molecule has 1 saturated heterocycles. The van der Waals surface area contributed by atoms with Crippen LogP contribution in [0.5, 0.6) is 0 Å². The lowest BCUT2D eigenvalue weighted by atomic mass is 10.1. The number of nitrogens with one attached hydrogen (secondary N) is 3. The van der Waals surface area contributed by atoms with Crippen molar-refractivity contribution in [3.63, 3.8) is 0 Å². The Labute approximate surface area is 133 Å². The van der Waals surface area contributed by atoms with E-state index in [0.717, 1.165) is 0 Å². The number of nitrogens with zero attached hydrogens (tertiary/aromatic N) is 1. The minimum atomic E-state index is -3.81. The van der Waals surface area contributed by atoms with Gasteiger partial charge in [0, 0.05) is 12.7 Å². The van der Waals surface area contributed by atoms with E-state index in [1.54, 1.807) is 18.3 Å². The van der Waals surface area contributed by atoms with Gasteiger partial charge in [-0.15, -0.1) is 12.4 Å². The van der Waals surface area contributed by atoms with E-state index in [0.29, 0.717) is 31.0 Å². The van der Waals surface area contributed by atoms with Crippen LogP contribution in [0.25, 0.3) is 11.5 Å². The average Bonchev–Trinajstić information content (AvgIpc) is 3.11. The van der Waals surface area contributed by atoms with Crippen LogP contribution in [0, 0.1) is 0 Å². The van der Waals surface area contributed by atoms with Crippen LogP contribution in [-0.4, -0.2) is 49.0 Å². The van der Waals surface area contributed by atoms with Gasteiger partial charge in [-0.1, -0.05) is 0 Å². The zero-order chi connectivity index (χ0) is 14.9. The number of hydrogen-bond donors (Lipinski definition) is 4. The zero-order valence-corrected chi connectivity index (χ0v) is 13.2. The Morgan fingerprint density at radius 2 is 2.18 bits per heavy atom. The molecular weight excluding hydrogens is 332 g/mol. The normalized spacial score (nSPS) is 22.2. The van der Waals surface area contributed by atoms with Crippen molar-refractivity contribution in [2.24, 2.45) is 0 Å². The van der Waals surface area contributed by atoms with Crippen LogP contribution in [-0.2, 0) is 10.0 Å². The Morgan fingerprint density at radius 1 is 1.36 bits per heavy atom. The SMILES string of the molecule is Cl.O=S(=O)(N[C@H]1CNCC[C@H]1O)c1ccc(-c2ccn[nH]2)o1. The first kappa shape index (κ1) is 17.0. The highest BCUT2D eigenvalue weighted by molar-refractivity contribution is 7.89. The number of hydrogen-bond acceptors (Lipinski definition) is 6. The number of piperidine rings is 1. The summed E-state index contributed by atoms with van der Waals surface area (Å²) >= 11 is 0. The molecule has 1 fully saturated rings. The maximum Gasteiger partial charge on any atom is 0.274 e. The summed E-state index contributed by atoms with van der Waals surface area (Å²) in [6.45, 7) is 1.05. The molecule has 0 amide bonds. The van der Waals surface area contributed by atoms with Gasteiger partial charge in [0.25, 0.3) is 10.0 Å². The zero-order valence-electron chi connectivity index (χ0n) is 11.5. The molecule has 122 valence electrons. The Kier molecular flexibility index (Phi) is 5.24. The number of aliphatic hydroxyl groups is 1. The van der Waals surface area contributed by atoms with Gasteiger partial charge in [-0.25, -0.2) is 13.1 Å². The largest absolute Gasteiger partial charge is 0.442 e. The number of rotatable bonds is 4. The van der Waals surface area contributed by atoms with Crippen molar-refractivity contribution in [2.75, 3.05) is 13.1 Å². The molecule has 10 heteroatoms. The van der Waals surface area contributed by atoms with Crippen LogP contribution in [0.4, 0.5) is 0 Å². The Morgan fingerprint density at radius 3 is 2.86 bits per heavy atom. The van der Waals surface area contributed by atoms with Crippen molar-refractivity contribution in [1.82, 2.24) is 20.2 Å². The molecule has 2 aromatic heterocycles. The van der Waals surface area contributed by atoms with E-state index in [1.165, 1.54) is 6.07 Å². The third-order valence-corrected chi connectivity index (χ3v) is 4.73. The Bertz CT molecular complexity index is 701. The van der Waals surface area contributed by atoms with Crippen LogP contribution < -0.4 is 10.0 Å². The Balaban J connectivity index is 0.00000176. The fourth-order valence-corrected chi connectivity index (χ4v) is 3.43. The highest BCUT2D eigenvalue weighted by Gasteiger charge is 2.29. The second-order valence-electron chi connectivity index (χ2n) is 4.88. The molecule has 0 unspecified atom stereocenters. The van der Waals surface area contributed by atoms with Crippen LogP contribution in [0.3, 0.4) is 0 Å². The lowest BCUT2D eigenvalue weighted by Gasteiger charge is -2.28. The van der Waals surface area contributed by atoms with Crippen molar-refractivity contribution >= 4 is 22.4 Å². The number of sulfonamides is 1. The quantitative estimate of drug-likeness (QED) is 0.621. The van der Waals surface area contributed by atoms with E-state index in [2.05, 4.69) is 20.2 Å². The molecule has 0 saturated carbocycles. The molecule has 0 radical (unpaired) electrons. The first-order valence-electron chi connectivity index (χ1n) is 6.57. The maximum atomic E-state index is 12.3. The number of halogens is 1. The molecule has 0 aromatic carbocycles. The summed E-state index contributed by atoms with van der Waals surface area (Å²) in [7, 11) is -3.81. The minimum absolute atomic E-state index is 0. The minimum Gasteiger partial charge on any atom is -0.442 e. The lowest BCUT2D eigenvalue weighted by molar-refractivity contribution is 0.109. The number of aromatic amines is 1. The van der Waals surface area contributed by atoms with Gasteiger partial charge < -0.3 is 14.8 Å². The van der Waals surface area contributed by atoms with E-state index in [-0.39, 0.29) is 17.5 Å². The van der Waals surface area contributed by atoms with Gasteiger partial charge in [0.1, 0.15) is 5.69 Å². The highest BCUT2D eigenvalue weighted by atomic mass is 35.5. The summed E-state index contributed by atoms with van der Waals surface area (Å²) in [5.74, 6) is 0.384. The Hall–Kier alpha value is -1.39. The van der Waals surface area contributed by atoms with Gasteiger partial charge in [0.05, 0.1) is 12.1 Å². The van der Waals surface area contributed by atoms with Crippen molar-refractivity contribution in [3.8, 4) is 11.5 Å². The lowest BCUT2D eigenvalue weighted by Crippen LogP contribution is -2.53. The predicted octanol–water partition coefficient (Wildman–Crippen LogP) is 0.0926. The second kappa shape index (κ2) is 6.80. The number of furan rings is 1. The first-order chi connectivity index (χ1) is 10.1. The molecule has 0 bridgehead atoms. The van der Waals surface area contributed by atoms with Crippen molar-refractivity contribution < 1.29 is 17.9 Å². The molecule has 2 atom stereocenters. The number of H-pyrrole nitrogens is 1. The van der Waals surface area contributed by atoms with Crippen LogP contribution in [0.2, 0.25) is 0 Å². The van der Waals surface area contributed by atoms with Crippen molar-refractivity contribution in [2.45, 2.75) is 23.7 Å². The second-order valence-corrected chi connectivity index (χ2v) is 6.52. The number of aliphatic hydroxyl groups excluding tert-OH is 1. The van der Waals surface area contributed by atoms with E-state index in [1.807, 2.05) is 0 Å². The van der Waals surface area contributed by atoms with Gasteiger partial charge in [-0.05, 0) is 31.2 Å². The molecular formula is C12H17ClN4O4S. The molecule has 1 aliphatic heterocycles. The third-order valence-electron chi connectivity index (χ3n) is 3.36. The topological polar surface area (TPSA) is 120 Å². The average molecular weight is 349 g/mol. The van der Waals surface area contributed by atoms with Gasteiger partial charge >= 0.3 is 0 Å². The van der Waals surface area contributed by atoms with Crippen LogP contribution in [0.1, 0.15) is 6.42 Å². The summed E-state index contributed by atoms with van der Waals surface area (Å²) in [6, 6.07) is 4.04. The summed E-state index contributed by atoms with van der Waals surface area (Å²) < 4.78 is 32.3. The molecule has 1 aliphatic rings. The fourth-order valence-electron chi connectivity index (χ4n) is 2.22. The van der Waals surface area contributed by atoms with Gasteiger partial charge in [-0.3, -0.25) is 5.10 Å². The standard InChI is InChI=1S/C12H16N4O4S.ClH/c17-10-4-5-13-7-9(10)16-21(18,19)12-2-1-11(20-12)8-3-6-14-15-8;/h1-3,6,9-10,13,16-17H,4-5,7H2,(H,14,15);1H/t9-,10+;/m0./s1. The van der Waals surface area contributed by atoms with E-state index in [9.17, 15) is 13.5 Å². The molecule has 0 spiro atoms. The highest BCUT2D eigenvalue weighted by Crippen LogP contribution is 2.22. The predicted molar refractivity (Wildman–Crippen MR) is 81.1 cm³/mol. The van der Waals surface area contributed by atoms with E-state index in [4.69, 9.17) is 4.42 Å². The fraction of sp³-hybridized carbons (Fsp3) is 0.417. The van der Waals surface area contributed by atoms with Gasteiger partial charge in [-0.2, -0.15) is 5.10 Å². The molecule has 22 heavy (non-hydrogen) atoms. The molecule has 3 heterocycles. The molecule has 8 nitrogen and oxygen atoms in total. The monoisotopic (exact) mass is 348 g/mol. The third kappa shape index (κ3) is 3.50. The van der Waals surface area contributed by atoms with Crippen LogP contribution >= 0.6 is 12.4 Å². The van der Waals surface area contributed by atoms with Crippen LogP contribution in [0.15, 0.2) is 33.9 Å². The van der Waals surface area contributed by atoms with E-state index >= 15 is 0 Å². The summed E-state index contributed by atoms with van der Waals surface area (Å²) in [4.78, 5) is 0. The first-order valence-corrected chi connectivity index (χ1v) is 8.05. The van der Waals surface area contributed by atoms with Gasteiger partial charge in [0.2, 0.25) is 5.09 Å². The van der Waals surface area contributed by atoms with Gasteiger partial charge in [0.15, 0.2) is 5.76 Å². The van der Waals surface area contributed by atoms with Crippen molar-refractivity contribution in [3.05, 3.63) is 24.4 Å². The molecule has 2 aromatic rings. The molecule has 3 rings (SSSR count). The summed E-state index contributed by atoms with van der Waals surface area (Å²) in [5.41, 5.74) is 0.593. The van der Waals surface area contributed by atoms with Crippen molar-refractivity contribution in [1.29, 1.82) is 0 Å².